The number of nitrogens with two attached hydrogens (primary N) is 2. The van der Waals surface area contributed by atoms with Crippen molar-refractivity contribution in [1.82, 2.24) is 0 Å². The van der Waals surface area contributed by atoms with E-state index in [4.69, 9.17) is 0 Å². The van der Waals surface area contributed by atoms with Gasteiger partial charge in [0, 0.05) is 49.7 Å². The van der Waals surface area contributed by atoms with Crippen LogP contribution in [0, 0.1) is 35.5 Å². The van der Waals surface area contributed by atoms with E-state index in [0.717, 1.165) is 59.7 Å². The third kappa shape index (κ3) is 6.31. The van der Waals surface area contributed by atoms with Gasteiger partial charge in [-0.05, 0) is 98.3 Å². The maximum atomic E-state index is 9.90. The number of rotatable bonds is 6. The minimum atomic E-state index is 0. The van der Waals surface area contributed by atoms with E-state index in [-0.39, 0.29) is 34.0 Å². The van der Waals surface area contributed by atoms with E-state index in [0.29, 0.717) is 22.6 Å². The first-order valence-corrected chi connectivity index (χ1v) is 15.7. The summed E-state index contributed by atoms with van der Waals surface area (Å²) in [6.07, 6.45) is 17.6. The second-order valence-corrected chi connectivity index (χ2v) is 14.6. The third-order valence-corrected chi connectivity index (χ3v) is 11.7. The van der Waals surface area contributed by atoms with Crippen LogP contribution in [0.5, 0.6) is 11.5 Å². The average Bonchev–Trinajstić information content (AvgIpc) is 2.87. The fraction of sp³-hybridized carbons (Fsp3) is 0.647. The second kappa shape index (κ2) is 12.3. The Labute approximate surface area is 261 Å². The Balaban J connectivity index is 0.000000154. The van der Waals surface area contributed by atoms with Gasteiger partial charge < -0.3 is 54.8 Å². The average molecular weight is 677 g/mol. The molecule has 10 rings (SSSR count). The normalized spacial score (nSPS) is 37.7. The van der Waals surface area contributed by atoms with Crippen molar-refractivity contribution in [2.45, 2.75) is 101 Å². The Morgan fingerprint density at radius 2 is 0.775 bits per heavy atom. The summed E-state index contributed by atoms with van der Waals surface area (Å²) < 4.78 is 0. The summed E-state index contributed by atoms with van der Waals surface area (Å²) in [4.78, 5) is 0. The van der Waals surface area contributed by atoms with Crippen molar-refractivity contribution in [2.24, 2.45) is 35.5 Å². The minimum Gasteiger partial charge on any atom is -1.00 e. The van der Waals surface area contributed by atoms with Gasteiger partial charge in [0.15, 0.2) is 0 Å². The van der Waals surface area contributed by atoms with Crippen LogP contribution >= 0.6 is 0 Å². The zero-order valence-electron chi connectivity index (χ0n) is 23.8. The smallest absolute Gasteiger partial charge is 0.124 e. The molecule has 6 heteroatoms. The number of phenols is 2. The molecule has 0 heterocycles. The summed E-state index contributed by atoms with van der Waals surface area (Å²) in [6.45, 7) is 1.89. The van der Waals surface area contributed by atoms with Gasteiger partial charge >= 0.3 is 0 Å². The molecule has 2 aromatic rings. The largest absolute Gasteiger partial charge is 1.00 e. The molecule has 8 bridgehead atoms. The van der Waals surface area contributed by atoms with Gasteiger partial charge in [-0.15, -0.1) is 0 Å². The lowest BCUT2D eigenvalue weighted by Gasteiger charge is -2.54. The highest BCUT2D eigenvalue weighted by atomic mass is 79.9. The van der Waals surface area contributed by atoms with Crippen molar-refractivity contribution < 1.29 is 54.8 Å². The molecular formula is C34H48Br2N2O2. The predicted molar refractivity (Wildman–Crippen MR) is 149 cm³/mol. The molecule has 4 nitrogen and oxygen atoms in total. The molecule has 0 amide bonds. The molecule has 40 heavy (non-hydrogen) atoms. The van der Waals surface area contributed by atoms with Crippen LogP contribution in [-0.2, 0) is 13.1 Å². The molecule has 220 valence electrons. The molecule has 8 fully saturated rings. The number of para-hydroxylation sites is 2. The van der Waals surface area contributed by atoms with E-state index in [2.05, 4.69) is 22.8 Å². The van der Waals surface area contributed by atoms with E-state index in [1.165, 1.54) is 77.0 Å². The van der Waals surface area contributed by atoms with Crippen LogP contribution in [0.3, 0.4) is 0 Å². The fourth-order valence-corrected chi connectivity index (χ4v) is 10.9. The second-order valence-electron chi connectivity index (χ2n) is 14.6. The third-order valence-electron chi connectivity index (χ3n) is 11.7. The first kappa shape index (κ1) is 30.4. The fourth-order valence-electron chi connectivity index (χ4n) is 10.9. The molecule has 6 N–H and O–H groups in total. The first-order valence-electron chi connectivity index (χ1n) is 15.7. The zero-order valence-corrected chi connectivity index (χ0v) is 27.0. The van der Waals surface area contributed by atoms with E-state index in [1.54, 1.807) is 0 Å². The number of benzene rings is 2. The van der Waals surface area contributed by atoms with E-state index < -0.39 is 0 Å². The van der Waals surface area contributed by atoms with Gasteiger partial charge in [0.05, 0.1) is 11.1 Å². The number of quaternary nitrogens is 2. The Hall–Kier alpha value is -1.08. The number of hydrogen-bond acceptors (Lipinski definition) is 2. The van der Waals surface area contributed by atoms with Gasteiger partial charge in [-0.3, -0.25) is 0 Å². The molecule has 8 saturated carbocycles. The Kier molecular flexibility index (Phi) is 9.31. The summed E-state index contributed by atoms with van der Waals surface area (Å²) in [6, 6.07) is 15.6. The molecule has 8 aliphatic rings. The quantitative estimate of drug-likeness (QED) is 0.313. The predicted octanol–water partition coefficient (Wildman–Crippen LogP) is -1.14. The minimum absolute atomic E-state index is 0. The molecule has 2 aromatic carbocycles. The van der Waals surface area contributed by atoms with Crippen LogP contribution in [0.25, 0.3) is 0 Å². The SMILES string of the molecule is Oc1ccccc1C[NH2+]C12CC3CC(CC(C3)C1)C2.Oc1ccccc1C[NH2+]C12CC3CC(CC(C3)C1)C2.[Br-].[Br-]. The highest BCUT2D eigenvalue weighted by molar-refractivity contribution is 5.31. The molecule has 0 saturated heterocycles. The van der Waals surface area contributed by atoms with Gasteiger partial charge in [-0.25, -0.2) is 0 Å². The molecule has 0 aliphatic heterocycles. The van der Waals surface area contributed by atoms with Crippen LogP contribution < -0.4 is 44.6 Å². The number of hydrogen-bond donors (Lipinski definition) is 4. The van der Waals surface area contributed by atoms with Crippen molar-refractivity contribution in [3.05, 3.63) is 59.7 Å². The number of aromatic hydroxyl groups is 2. The maximum Gasteiger partial charge on any atom is 0.124 e. The summed E-state index contributed by atoms with van der Waals surface area (Å²) in [5, 5.41) is 24.9. The van der Waals surface area contributed by atoms with E-state index >= 15 is 0 Å². The highest BCUT2D eigenvalue weighted by Crippen LogP contribution is 2.55. The van der Waals surface area contributed by atoms with E-state index in [1.807, 2.05) is 36.4 Å². The van der Waals surface area contributed by atoms with Gasteiger partial charge in [-0.1, -0.05) is 24.3 Å². The lowest BCUT2D eigenvalue weighted by molar-refractivity contribution is -0.753. The number of halogens is 2. The Morgan fingerprint density at radius 3 is 1.05 bits per heavy atom. The van der Waals surface area contributed by atoms with Crippen molar-refractivity contribution in [3.63, 3.8) is 0 Å². The Bertz CT molecular complexity index is 994. The summed E-state index contributed by atoms with van der Waals surface area (Å²) >= 11 is 0. The summed E-state index contributed by atoms with van der Waals surface area (Å²) in [7, 11) is 0. The summed E-state index contributed by atoms with van der Waals surface area (Å²) in [5.41, 5.74) is 3.21. The van der Waals surface area contributed by atoms with Crippen molar-refractivity contribution in [2.75, 3.05) is 0 Å². The van der Waals surface area contributed by atoms with E-state index in [9.17, 15) is 10.2 Å². The monoisotopic (exact) mass is 674 g/mol. The van der Waals surface area contributed by atoms with Gasteiger partial charge in [-0.2, -0.15) is 0 Å². The molecule has 0 spiro atoms. The number of phenolic OH excluding ortho intramolecular Hbond substituents is 2. The maximum absolute atomic E-state index is 9.90. The lowest BCUT2D eigenvalue weighted by atomic mass is 9.53. The highest BCUT2D eigenvalue weighted by Gasteiger charge is 2.54. The molecule has 8 aliphatic carbocycles. The van der Waals surface area contributed by atoms with Crippen LogP contribution in [0.4, 0.5) is 0 Å². The summed E-state index contributed by atoms with van der Waals surface area (Å²) in [5.74, 6) is 6.96. The molecule has 0 atom stereocenters. The van der Waals surface area contributed by atoms with Crippen LogP contribution in [0.15, 0.2) is 48.5 Å². The van der Waals surface area contributed by atoms with Crippen molar-refractivity contribution >= 4 is 0 Å². The van der Waals surface area contributed by atoms with Gasteiger partial charge in [0.2, 0.25) is 0 Å². The van der Waals surface area contributed by atoms with Crippen LogP contribution in [-0.4, -0.2) is 21.3 Å². The van der Waals surface area contributed by atoms with Crippen molar-refractivity contribution in [3.8, 4) is 11.5 Å². The molecule has 0 unspecified atom stereocenters. The first-order chi connectivity index (χ1) is 18.4. The van der Waals surface area contributed by atoms with Crippen molar-refractivity contribution in [1.29, 1.82) is 0 Å². The van der Waals surface area contributed by atoms with Gasteiger partial charge in [0.25, 0.3) is 0 Å². The standard InChI is InChI=1S/2C17H23NO.2BrH/c2*19-16-4-2-1-3-15(16)11-18-17-8-12-5-13(9-17)7-14(6-12)10-17;;/h2*1-4,12-14,18-19H,5-11H2;2*1H. The van der Waals surface area contributed by atoms with Crippen LogP contribution in [0.1, 0.15) is 88.2 Å². The zero-order chi connectivity index (χ0) is 25.7. The lowest BCUT2D eigenvalue weighted by Crippen LogP contribution is -3.00. The van der Waals surface area contributed by atoms with Gasteiger partial charge in [0.1, 0.15) is 24.6 Å². The molecule has 0 aromatic heterocycles. The van der Waals surface area contributed by atoms with Crippen LogP contribution in [0.2, 0.25) is 0 Å². The topological polar surface area (TPSA) is 73.7 Å². The Morgan fingerprint density at radius 1 is 0.500 bits per heavy atom. The molecule has 0 radical (unpaired) electrons. The molecular weight excluding hydrogens is 628 g/mol.